The van der Waals surface area contributed by atoms with Crippen LogP contribution in [0.5, 0.6) is 5.75 Å². The molecule has 0 fully saturated rings. The van der Waals surface area contributed by atoms with Gasteiger partial charge < -0.3 is 21.1 Å². The van der Waals surface area contributed by atoms with Crippen molar-refractivity contribution in [3.63, 3.8) is 0 Å². The average Bonchev–Trinajstić information content (AvgIpc) is 2.31. The molecule has 1 aliphatic heterocycles. The lowest BCUT2D eigenvalue weighted by molar-refractivity contribution is -0.118. The van der Waals surface area contributed by atoms with Crippen molar-refractivity contribution in [2.75, 3.05) is 23.0 Å². The fraction of sp³-hybridized carbons (Fsp3) is 0.333. The third-order valence-corrected chi connectivity index (χ3v) is 2.54. The van der Waals surface area contributed by atoms with Gasteiger partial charge in [-0.2, -0.15) is 0 Å². The Morgan fingerprint density at radius 3 is 3.06 bits per heavy atom. The van der Waals surface area contributed by atoms with E-state index in [1.807, 2.05) is 6.92 Å². The molecule has 96 valence electrons. The summed E-state index contributed by atoms with van der Waals surface area (Å²) in [6.07, 6.45) is 1.19. The number of nitrogens with one attached hydrogen (secondary N) is 2. The largest absolute Gasteiger partial charge is 0.482 e. The van der Waals surface area contributed by atoms with E-state index in [0.29, 0.717) is 29.2 Å². The predicted octanol–water partition coefficient (Wildman–Crippen LogP) is 1.34. The Balaban J connectivity index is 2.24. The number of carbonyl (C=O) groups is 2. The minimum absolute atomic E-state index is 0.0199. The third kappa shape index (κ3) is 2.53. The summed E-state index contributed by atoms with van der Waals surface area (Å²) in [5, 5.41) is 5.37. The lowest BCUT2D eigenvalue weighted by Gasteiger charge is -2.20. The van der Waals surface area contributed by atoms with E-state index in [0.717, 1.165) is 6.42 Å². The summed E-state index contributed by atoms with van der Waals surface area (Å²) in [5.41, 5.74) is 7.23. The standard InChI is InChI=1S/C12H15N3O3/c1-2-3-11(16)14-8-5-9-10(4-7(8)13)18-6-12(17)15-9/h4-5H,2-3,6,13H2,1H3,(H,14,16)(H,15,17). The summed E-state index contributed by atoms with van der Waals surface area (Å²) >= 11 is 0. The van der Waals surface area contributed by atoms with Crippen LogP contribution in [-0.4, -0.2) is 18.4 Å². The molecule has 0 radical (unpaired) electrons. The molecule has 0 aromatic heterocycles. The molecule has 6 nitrogen and oxygen atoms in total. The molecule has 2 amide bonds. The van der Waals surface area contributed by atoms with Gasteiger partial charge in [0.05, 0.1) is 17.1 Å². The molecule has 0 spiro atoms. The van der Waals surface area contributed by atoms with E-state index in [-0.39, 0.29) is 18.4 Å². The molecule has 0 atom stereocenters. The lowest BCUT2D eigenvalue weighted by atomic mass is 10.2. The Bertz CT molecular complexity index is 500. The molecule has 0 bridgehead atoms. The fourth-order valence-electron chi connectivity index (χ4n) is 1.69. The second kappa shape index (κ2) is 4.95. The Morgan fingerprint density at radius 2 is 2.33 bits per heavy atom. The lowest BCUT2D eigenvalue weighted by Crippen LogP contribution is -2.25. The van der Waals surface area contributed by atoms with Crippen molar-refractivity contribution < 1.29 is 14.3 Å². The zero-order valence-corrected chi connectivity index (χ0v) is 10.1. The van der Waals surface area contributed by atoms with Gasteiger partial charge in [-0.3, -0.25) is 9.59 Å². The first-order valence-electron chi connectivity index (χ1n) is 5.76. The maximum absolute atomic E-state index is 11.5. The first-order chi connectivity index (χ1) is 8.60. The van der Waals surface area contributed by atoms with Gasteiger partial charge in [0.15, 0.2) is 6.61 Å². The normalized spacial score (nSPS) is 13.3. The van der Waals surface area contributed by atoms with Crippen LogP contribution in [0.15, 0.2) is 12.1 Å². The zero-order chi connectivity index (χ0) is 13.1. The van der Waals surface area contributed by atoms with Crippen LogP contribution < -0.4 is 21.1 Å². The summed E-state index contributed by atoms with van der Waals surface area (Å²) in [7, 11) is 0. The van der Waals surface area contributed by atoms with Crippen molar-refractivity contribution in [2.45, 2.75) is 19.8 Å². The van der Waals surface area contributed by atoms with Crippen LogP contribution in [0.4, 0.5) is 17.1 Å². The SMILES string of the molecule is CCCC(=O)Nc1cc2c(cc1N)OCC(=O)N2. The minimum atomic E-state index is -0.224. The summed E-state index contributed by atoms with van der Waals surface area (Å²) in [6, 6.07) is 3.20. The molecule has 6 heteroatoms. The number of rotatable bonds is 3. The van der Waals surface area contributed by atoms with Gasteiger partial charge >= 0.3 is 0 Å². The van der Waals surface area contributed by atoms with E-state index in [9.17, 15) is 9.59 Å². The van der Waals surface area contributed by atoms with Crippen molar-refractivity contribution in [2.24, 2.45) is 0 Å². The van der Waals surface area contributed by atoms with Crippen LogP contribution in [0.1, 0.15) is 19.8 Å². The summed E-state index contributed by atoms with van der Waals surface area (Å²) < 4.78 is 5.22. The molecule has 1 heterocycles. The Labute approximate surface area is 104 Å². The first kappa shape index (κ1) is 12.2. The molecule has 1 aromatic carbocycles. The number of amides is 2. The molecule has 1 aliphatic rings. The number of hydrogen-bond donors (Lipinski definition) is 3. The highest BCUT2D eigenvalue weighted by Crippen LogP contribution is 2.35. The van der Waals surface area contributed by atoms with E-state index < -0.39 is 0 Å². The molecule has 4 N–H and O–H groups in total. The van der Waals surface area contributed by atoms with E-state index in [4.69, 9.17) is 10.5 Å². The third-order valence-electron chi connectivity index (χ3n) is 2.54. The van der Waals surface area contributed by atoms with Crippen LogP contribution in [0.2, 0.25) is 0 Å². The van der Waals surface area contributed by atoms with Crippen molar-refractivity contribution >= 4 is 28.9 Å². The van der Waals surface area contributed by atoms with Gasteiger partial charge in [0.1, 0.15) is 5.75 Å². The molecule has 0 saturated carbocycles. The van der Waals surface area contributed by atoms with Gasteiger partial charge in [-0.15, -0.1) is 0 Å². The Morgan fingerprint density at radius 1 is 1.56 bits per heavy atom. The second-order valence-electron chi connectivity index (χ2n) is 4.07. The van der Waals surface area contributed by atoms with E-state index >= 15 is 0 Å². The van der Waals surface area contributed by atoms with Crippen LogP contribution in [0, 0.1) is 0 Å². The molecule has 2 rings (SSSR count). The quantitative estimate of drug-likeness (QED) is 0.704. The Hall–Kier alpha value is -2.24. The zero-order valence-electron chi connectivity index (χ0n) is 10.1. The molecular weight excluding hydrogens is 234 g/mol. The number of nitrogen functional groups attached to an aromatic ring is 1. The fourth-order valence-corrected chi connectivity index (χ4v) is 1.69. The van der Waals surface area contributed by atoms with Crippen molar-refractivity contribution in [1.82, 2.24) is 0 Å². The van der Waals surface area contributed by atoms with E-state index in [2.05, 4.69) is 10.6 Å². The van der Waals surface area contributed by atoms with Crippen LogP contribution >= 0.6 is 0 Å². The number of anilines is 3. The average molecular weight is 249 g/mol. The van der Waals surface area contributed by atoms with Gasteiger partial charge in [0.25, 0.3) is 5.91 Å². The van der Waals surface area contributed by atoms with E-state index in [1.165, 1.54) is 0 Å². The number of ether oxygens (including phenoxy) is 1. The van der Waals surface area contributed by atoms with Crippen molar-refractivity contribution in [1.29, 1.82) is 0 Å². The highest BCUT2D eigenvalue weighted by molar-refractivity contribution is 6.00. The summed E-state index contributed by atoms with van der Waals surface area (Å²) in [5.74, 6) is 0.186. The van der Waals surface area contributed by atoms with Crippen LogP contribution in [0.25, 0.3) is 0 Å². The topological polar surface area (TPSA) is 93.5 Å². The summed E-state index contributed by atoms with van der Waals surface area (Å²) in [4.78, 5) is 22.7. The highest BCUT2D eigenvalue weighted by atomic mass is 16.5. The smallest absolute Gasteiger partial charge is 0.262 e. The minimum Gasteiger partial charge on any atom is -0.482 e. The molecule has 0 aliphatic carbocycles. The second-order valence-corrected chi connectivity index (χ2v) is 4.07. The number of benzene rings is 1. The first-order valence-corrected chi connectivity index (χ1v) is 5.76. The van der Waals surface area contributed by atoms with Crippen molar-refractivity contribution in [3.05, 3.63) is 12.1 Å². The number of fused-ring (bicyclic) bond motifs is 1. The van der Waals surface area contributed by atoms with Gasteiger partial charge in [-0.25, -0.2) is 0 Å². The highest BCUT2D eigenvalue weighted by Gasteiger charge is 2.18. The van der Waals surface area contributed by atoms with E-state index in [1.54, 1.807) is 12.1 Å². The van der Waals surface area contributed by atoms with Crippen LogP contribution in [0.3, 0.4) is 0 Å². The van der Waals surface area contributed by atoms with Gasteiger partial charge in [-0.1, -0.05) is 6.92 Å². The number of nitrogens with two attached hydrogens (primary N) is 1. The molecule has 0 saturated heterocycles. The molecular formula is C12H15N3O3. The Kier molecular flexibility index (Phi) is 3.36. The maximum Gasteiger partial charge on any atom is 0.262 e. The van der Waals surface area contributed by atoms with Gasteiger partial charge in [0.2, 0.25) is 5.91 Å². The predicted molar refractivity (Wildman–Crippen MR) is 68.5 cm³/mol. The number of carbonyl (C=O) groups excluding carboxylic acids is 2. The molecule has 0 unspecified atom stereocenters. The van der Waals surface area contributed by atoms with Crippen LogP contribution in [-0.2, 0) is 9.59 Å². The summed E-state index contributed by atoms with van der Waals surface area (Å²) in [6.45, 7) is 1.90. The van der Waals surface area contributed by atoms with Gasteiger partial charge in [-0.05, 0) is 12.5 Å². The van der Waals surface area contributed by atoms with Gasteiger partial charge in [0, 0.05) is 12.5 Å². The number of hydrogen-bond acceptors (Lipinski definition) is 4. The molecule has 1 aromatic rings. The molecule has 18 heavy (non-hydrogen) atoms. The van der Waals surface area contributed by atoms with Crippen molar-refractivity contribution in [3.8, 4) is 5.75 Å². The maximum atomic E-state index is 11.5. The monoisotopic (exact) mass is 249 g/mol.